The van der Waals surface area contributed by atoms with Crippen LogP contribution >= 0.6 is 0 Å². The second-order valence-electron chi connectivity index (χ2n) is 9.15. The fraction of sp³-hybridized carbons (Fsp3) is 0.833. The summed E-state index contributed by atoms with van der Waals surface area (Å²) in [5.41, 5.74) is -0.951. The van der Waals surface area contributed by atoms with Crippen molar-refractivity contribution in [2.75, 3.05) is 20.1 Å². The largest absolute Gasteiger partial charge is 0.444 e. The number of piperidine rings is 1. The van der Waals surface area contributed by atoms with E-state index in [1.165, 1.54) is 17.0 Å². The lowest BCUT2D eigenvalue weighted by Gasteiger charge is -2.43. The van der Waals surface area contributed by atoms with E-state index < -0.39 is 17.7 Å². The Morgan fingerprint density at radius 3 is 2.61 bits per heavy atom. The van der Waals surface area contributed by atoms with Gasteiger partial charge in [0.25, 0.3) is 5.91 Å². The predicted octanol–water partition coefficient (Wildman–Crippen LogP) is 1.19. The third-order valence-corrected chi connectivity index (χ3v) is 6.12. The first-order valence-corrected chi connectivity index (χ1v) is 9.77. The van der Waals surface area contributed by atoms with Crippen molar-refractivity contribution in [3.05, 3.63) is 0 Å². The van der Waals surface area contributed by atoms with Crippen molar-refractivity contribution in [3.63, 3.8) is 0 Å². The molecule has 1 aliphatic carbocycles. The molecule has 0 aromatic heterocycles. The summed E-state index contributed by atoms with van der Waals surface area (Å²) in [6.45, 7) is 6.44. The van der Waals surface area contributed by atoms with Crippen molar-refractivity contribution in [2.24, 2.45) is 0 Å². The van der Waals surface area contributed by atoms with Gasteiger partial charge in [-0.3, -0.25) is 19.7 Å². The minimum Gasteiger partial charge on any atom is -0.444 e. The standard InChI is InChI=1S/C18H28N4O6/c1-17(2,3)27-16(25)21-8-7-18(21)9-13(18)28-19(4)14(23)12-6-5-11-10-20(12)15(24)22(11)26/h11-13,26H,5-10H2,1-4H3/t11?,12-,13?,18?/m0/s1. The molecule has 4 rings (SSSR count). The SMILES string of the molecule is CN(OC1CC12CCN2C(=O)OC(C)(C)C)C(=O)[C@@H]1CCC2CN1C(=O)N2O. The summed E-state index contributed by atoms with van der Waals surface area (Å²) in [5, 5.41) is 11.7. The molecule has 3 aliphatic heterocycles. The van der Waals surface area contributed by atoms with E-state index in [2.05, 4.69) is 0 Å². The molecule has 0 aromatic carbocycles. The van der Waals surface area contributed by atoms with E-state index in [1.54, 1.807) is 4.90 Å². The van der Waals surface area contributed by atoms with Crippen LogP contribution in [0, 0.1) is 0 Å². The molecule has 2 bridgehead atoms. The van der Waals surface area contributed by atoms with Gasteiger partial charge in [-0.25, -0.2) is 19.7 Å². The van der Waals surface area contributed by atoms with Crippen LogP contribution in [0.3, 0.4) is 0 Å². The zero-order chi connectivity index (χ0) is 20.4. The van der Waals surface area contributed by atoms with Gasteiger partial charge in [0.05, 0.1) is 11.6 Å². The number of ether oxygens (including phenoxy) is 1. The number of carbonyl (C=O) groups excluding carboxylic acids is 3. The van der Waals surface area contributed by atoms with Gasteiger partial charge in [-0.2, -0.15) is 0 Å². The van der Waals surface area contributed by atoms with E-state index in [4.69, 9.17) is 9.57 Å². The van der Waals surface area contributed by atoms with Crippen LogP contribution < -0.4 is 0 Å². The van der Waals surface area contributed by atoms with E-state index >= 15 is 0 Å². The van der Waals surface area contributed by atoms with Gasteiger partial charge in [0.2, 0.25) is 0 Å². The number of fused-ring (bicyclic) bond motifs is 2. The highest BCUT2D eigenvalue weighted by molar-refractivity contribution is 5.87. The number of likely N-dealkylation sites (tertiary alicyclic amines) is 1. The Balaban J connectivity index is 1.34. The molecule has 156 valence electrons. The first-order valence-electron chi connectivity index (χ1n) is 9.77. The molecule has 4 fully saturated rings. The van der Waals surface area contributed by atoms with Crippen molar-refractivity contribution in [3.8, 4) is 0 Å². The number of hydrogen-bond donors (Lipinski definition) is 1. The van der Waals surface area contributed by atoms with Crippen molar-refractivity contribution >= 4 is 18.0 Å². The molecule has 4 amide bonds. The van der Waals surface area contributed by atoms with Crippen LogP contribution in [0.4, 0.5) is 9.59 Å². The molecule has 10 nitrogen and oxygen atoms in total. The Labute approximate surface area is 163 Å². The molecule has 1 spiro atoms. The lowest BCUT2D eigenvalue weighted by Crippen LogP contribution is -2.57. The van der Waals surface area contributed by atoms with Gasteiger partial charge in [0.15, 0.2) is 0 Å². The van der Waals surface area contributed by atoms with E-state index in [1.807, 2.05) is 20.8 Å². The van der Waals surface area contributed by atoms with Gasteiger partial charge in [-0.1, -0.05) is 0 Å². The van der Waals surface area contributed by atoms with Gasteiger partial charge in [-0.15, -0.1) is 0 Å². The van der Waals surface area contributed by atoms with Gasteiger partial charge >= 0.3 is 12.1 Å². The fourth-order valence-electron chi connectivity index (χ4n) is 4.41. The lowest BCUT2D eigenvalue weighted by molar-refractivity contribution is -0.194. The van der Waals surface area contributed by atoms with Crippen LogP contribution in [0.1, 0.15) is 46.5 Å². The molecular weight excluding hydrogens is 368 g/mol. The molecule has 4 atom stereocenters. The maximum Gasteiger partial charge on any atom is 0.410 e. The van der Waals surface area contributed by atoms with Crippen LogP contribution in [0.25, 0.3) is 0 Å². The van der Waals surface area contributed by atoms with Crippen molar-refractivity contribution in [1.29, 1.82) is 0 Å². The number of amides is 4. The van der Waals surface area contributed by atoms with E-state index in [9.17, 15) is 19.6 Å². The average Bonchev–Trinajstić information content (AvgIpc) is 3.28. The first kappa shape index (κ1) is 19.3. The summed E-state index contributed by atoms with van der Waals surface area (Å²) < 4.78 is 5.45. The highest BCUT2D eigenvalue weighted by atomic mass is 16.7. The quantitative estimate of drug-likeness (QED) is 0.568. The summed E-state index contributed by atoms with van der Waals surface area (Å²) >= 11 is 0. The van der Waals surface area contributed by atoms with Crippen LogP contribution in [0.5, 0.6) is 0 Å². The fourth-order valence-corrected chi connectivity index (χ4v) is 4.41. The number of rotatable bonds is 3. The summed E-state index contributed by atoms with van der Waals surface area (Å²) in [6.07, 6.45) is 1.91. The smallest absolute Gasteiger partial charge is 0.410 e. The third kappa shape index (κ3) is 2.98. The Hall–Kier alpha value is -2.07. The van der Waals surface area contributed by atoms with E-state index in [-0.39, 0.29) is 29.7 Å². The number of carbonyl (C=O) groups is 3. The zero-order valence-corrected chi connectivity index (χ0v) is 16.8. The Morgan fingerprint density at radius 1 is 1.29 bits per heavy atom. The maximum atomic E-state index is 12.8. The second kappa shape index (κ2) is 6.21. The highest BCUT2D eigenvalue weighted by Crippen LogP contribution is 2.54. The molecule has 1 N–H and O–H groups in total. The number of likely N-dealkylation sites (N-methyl/N-ethyl adjacent to an activating group) is 1. The summed E-state index contributed by atoms with van der Waals surface area (Å²) in [6, 6.07) is -1.41. The van der Waals surface area contributed by atoms with Crippen LogP contribution in [-0.2, 0) is 14.4 Å². The number of urea groups is 1. The molecule has 10 heteroatoms. The predicted molar refractivity (Wildman–Crippen MR) is 95.1 cm³/mol. The van der Waals surface area contributed by atoms with Gasteiger partial charge in [-0.05, 0) is 40.0 Å². The Morgan fingerprint density at radius 2 is 2.00 bits per heavy atom. The Kier molecular flexibility index (Phi) is 4.27. The summed E-state index contributed by atoms with van der Waals surface area (Å²) in [4.78, 5) is 46.2. The normalized spacial score (nSPS) is 33.8. The third-order valence-electron chi connectivity index (χ3n) is 6.12. The molecule has 1 saturated carbocycles. The molecule has 0 radical (unpaired) electrons. The van der Waals surface area contributed by atoms with Crippen LogP contribution in [0.2, 0.25) is 0 Å². The zero-order valence-electron chi connectivity index (χ0n) is 16.8. The van der Waals surface area contributed by atoms with Crippen molar-refractivity contribution < 1.29 is 29.2 Å². The van der Waals surface area contributed by atoms with E-state index in [0.29, 0.717) is 32.4 Å². The molecular formula is C18H28N4O6. The average molecular weight is 396 g/mol. The summed E-state index contributed by atoms with van der Waals surface area (Å²) in [5.74, 6) is -0.313. The molecule has 0 aromatic rings. The number of hydrogen-bond acceptors (Lipinski definition) is 6. The number of nitrogens with zero attached hydrogens (tertiary/aromatic N) is 4. The molecule has 3 heterocycles. The van der Waals surface area contributed by atoms with Crippen molar-refractivity contribution in [1.82, 2.24) is 19.9 Å². The lowest BCUT2D eigenvalue weighted by atomic mass is 10.0. The Bertz CT molecular complexity index is 709. The maximum absolute atomic E-state index is 12.8. The monoisotopic (exact) mass is 396 g/mol. The van der Waals surface area contributed by atoms with E-state index in [0.717, 1.165) is 11.5 Å². The van der Waals surface area contributed by atoms with Gasteiger partial charge in [0.1, 0.15) is 17.7 Å². The van der Waals surface area contributed by atoms with Crippen molar-refractivity contribution in [2.45, 2.75) is 75.8 Å². The molecule has 4 aliphatic rings. The molecule has 28 heavy (non-hydrogen) atoms. The molecule has 3 unspecified atom stereocenters. The van der Waals surface area contributed by atoms with Gasteiger partial charge in [0, 0.05) is 26.6 Å². The second-order valence-corrected chi connectivity index (χ2v) is 9.15. The molecule has 3 saturated heterocycles. The number of hydroxylamine groups is 4. The first-order chi connectivity index (χ1) is 13.0. The van der Waals surface area contributed by atoms with Crippen LogP contribution in [-0.4, -0.2) is 92.6 Å². The van der Waals surface area contributed by atoms with Crippen LogP contribution in [0.15, 0.2) is 0 Å². The highest BCUT2D eigenvalue weighted by Gasteiger charge is 2.68. The minimum absolute atomic E-state index is 0.244. The summed E-state index contributed by atoms with van der Waals surface area (Å²) in [7, 11) is 1.54. The minimum atomic E-state index is -0.635. The topological polar surface area (TPSA) is 103 Å². The van der Waals surface area contributed by atoms with Gasteiger partial charge < -0.3 is 9.64 Å².